The van der Waals surface area contributed by atoms with Crippen LogP contribution in [0.4, 0.5) is 0 Å². The molecule has 0 saturated heterocycles. The van der Waals surface area contributed by atoms with E-state index in [4.69, 9.17) is 0 Å². The number of benzene rings is 2. The zero-order chi connectivity index (χ0) is 27.4. The predicted molar refractivity (Wildman–Crippen MR) is 166 cm³/mol. The molecule has 0 radical (unpaired) electrons. The maximum atomic E-state index is 3.55. The molecule has 0 N–H and O–H groups in total. The summed E-state index contributed by atoms with van der Waals surface area (Å²) in [5.41, 5.74) is 8.74. The maximum Gasteiger partial charge on any atom is 0.129 e. The first kappa shape index (κ1) is 29.7. The van der Waals surface area contributed by atoms with Crippen molar-refractivity contribution < 1.29 is 0 Å². The third kappa shape index (κ3) is 9.18. The smallest absolute Gasteiger partial charge is 0.126 e. The quantitative estimate of drug-likeness (QED) is 0.206. The Hall–Kier alpha value is -2.49. The van der Waals surface area contributed by atoms with Crippen molar-refractivity contribution >= 4 is 26.9 Å². The van der Waals surface area contributed by atoms with E-state index in [1.54, 1.807) is 0 Å². The second-order valence-corrected chi connectivity index (χ2v) is 19.4. The average Bonchev–Trinajstić information content (AvgIpc) is 2.72. The van der Waals surface area contributed by atoms with Crippen molar-refractivity contribution in [3.8, 4) is 35.1 Å². The first-order chi connectivity index (χ1) is 16.4. The minimum Gasteiger partial charge on any atom is -0.126 e. The van der Waals surface area contributed by atoms with Crippen molar-refractivity contribution in [2.24, 2.45) is 0 Å². The standard InChI is InChI=1S/C34H43PSi/c1-32(2,3)27-24-29(33(4,5)6)31(30(25-27)34(7,8)9)35-28(22-23-36(10,11)12)21-17-16-20-26-18-14-13-15-19-26/h13-15,18-19,24-25H,1-12H3. The number of hydrogen-bond donors (Lipinski definition) is 0. The van der Waals surface area contributed by atoms with Crippen LogP contribution in [0.25, 0.3) is 0 Å². The average molecular weight is 511 g/mol. The molecule has 0 aliphatic rings. The molecule has 0 heterocycles. The van der Waals surface area contributed by atoms with E-state index in [9.17, 15) is 0 Å². The Morgan fingerprint density at radius 2 is 1.22 bits per heavy atom. The molecule has 2 aromatic carbocycles. The van der Waals surface area contributed by atoms with E-state index in [2.05, 4.69) is 129 Å². The Morgan fingerprint density at radius 1 is 0.694 bits per heavy atom. The molecule has 0 amide bonds. The van der Waals surface area contributed by atoms with Crippen molar-refractivity contribution in [3.05, 3.63) is 64.7 Å². The fourth-order valence-corrected chi connectivity index (χ4v) is 5.59. The summed E-state index contributed by atoms with van der Waals surface area (Å²) in [6, 6.07) is 14.8. The molecular weight excluding hydrogens is 467 g/mol. The normalized spacial score (nSPS) is 12.5. The Morgan fingerprint density at radius 3 is 1.67 bits per heavy atom. The second-order valence-electron chi connectivity index (χ2n) is 13.5. The number of rotatable bonds is 1. The van der Waals surface area contributed by atoms with Gasteiger partial charge in [-0.15, -0.1) is 5.54 Å². The largest absolute Gasteiger partial charge is 0.129 e. The lowest BCUT2D eigenvalue weighted by Crippen LogP contribution is -2.30. The van der Waals surface area contributed by atoms with Gasteiger partial charge in [0.1, 0.15) is 13.4 Å². The molecule has 0 unspecified atom stereocenters. The zero-order valence-electron chi connectivity index (χ0n) is 24.5. The van der Waals surface area contributed by atoms with Crippen LogP contribution in [0.2, 0.25) is 19.6 Å². The molecule has 0 aromatic heterocycles. The van der Waals surface area contributed by atoms with E-state index in [-0.39, 0.29) is 16.2 Å². The van der Waals surface area contributed by atoms with Gasteiger partial charge in [-0.3, -0.25) is 0 Å². The molecule has 0 fully saturated rings. The maximum absolute atomic E-state index is 3.55. The van der Waals surface area contributed by atoms with E-state index < -0.39 is 8.07 Å². The van der Waals surface area contributed by atoms with Crippen molar-refractivity contribution in [2.45, 2.75) is 98.2 Å². The van der Waals surface area contributed by atoms with Crippen LogP contribution in [0, 0.1) is 35.1 Å². The van der Waals surface area contributed by atoms with E-state index in [0.29, 0.717) is 0 Å². The Labute approximate surface area is 224 Å². The van der Waals surface area contributed by atoms with Crippen molar-refractivity contribution in [1.82, 2.24) is 0 Å². The van der Waals surface area contributed by atoms with Crippen LogP contribution in [0.1, 0.15) is 84.6 Å². The third-order valence-corrected chi connectivity index (χ3v) is 7.62. The summed E-state index contributed by atoms with van der Waals surface area (Å²) in [4.78, 5) is 0. The molecule has 0 nitrogen and oxygen atoms in total. The van der Waals surface area contributed by atoms with Gasteiger partial charge in [-0.25, -0.2) is 0 Å². The minimum absolute atomic E-state index is 0.00144. The topological polar surface area (TPSA) is 0 Å². The fraction of sp³-hybridized carbons (Fsp3) is 0.441. The first-order valence-electron chi connectivity index (χ1n) is 12.8. The summed E-state index contributed by atoms with van der Waals surface area (Å²) in [7, 11) is -0.495. The molecule has 0 aliphatic carbocycles. The Bertz CT molecular complexity index is 1260. The van der Waals surface area contributed by atoms with Crippen molar-refractivity contribution in [3.63, 3.8) is 0 Å². The van der Waals surface area contributed by atoms with Crippen LogP contribution in [-0.4, -0.2) is 13.4 Å². The van der Waals surface area contributed by atoms with Crippen LogP contribution in [0.15, 0.2) is 42.5 Å². The van der Waals surface area contributed by atoms with Gasteiger partial charge in [-0.2, -0.15) is 0 Å². The van der Waals surface area contributed by atoms with E-state index in [0.717, 1.165) is 19.1 Å². The summed E-state index contributed by atoms with van der Waals surface area (Å²) < 4.78 is 0. The summed E-state index contributed by atoms with van der Waals surface area (Å²) in [5, 5.41) is 2.27. The highest BCUT2D eigenvalue weighted by molar-refractivity contribution is 7.50. The van der Waals surface area contributed by atoms with Gasteiger partial charge >= 0.3 is 0 Å². The molecule has 0 spiro atoms. The van der Waals surface area contributed by atoms with Crippen LogP contribution in [-0.2, 0) is 16.2 Å². The lowest BCUT2D eigenvalue weighted by molar-refractivity contribution is 0.554. The van der Waals surface area contributed by atoms with E-state index in [1.165, 1.54) is 22.0 Å². The highest BCUT2D eigenvalue weighted by atomic mass is 31.1. The fourth-order valence-electron chi connectivity index (χ4n) is 3.49. The van der Waals surface area contributed by atoms with Gasteiger partial charge < -0.3 is 0 Å². The van der Waals surface area contributed by atoms with Gasteiger partial charge in [0.15, 0.2) is 0 Å². The van der Waals surface area contributed by atoms with Gasteiger partial charge in [0.05, 0.1) is 0 Å². The van der Waals surface area contributed by atoms with Crippen LogP contribution < -0.4 is 5.30 Å². The van der Waals surface area contributed by atoms with Gasteiger partial charge in [0, 0.05) is 10.9 Å². The summed E-state index contributed by atoms with van der Waals surface area (Å²) in [6.07, 6.45) is 0. The SMILES string of the molecule is CC(C)(C)c1cc(C(C)(C)C)c(P=C(C#CC#Cc2ccccc2)C#C[Si](C)(C)C)c(C(C)(C)C)c1. The van der Waals surface area contributed by atoms with Gasteiger partial charge in [0.2, 0.25) is 0 Å². The molecule has 2 heteroatoms. The molecular formula is C34H43PSi. The van der Waals surface area contributed by atoms with Crippen molar-refractivity contribution in [1.29, 1.82) is 0 Å². The molecule has 188 valence electrons. The van der Waals surface area contributed by atoms with Crippen molar-refractivity contribution in [2.75, 3.05) is 0 Å². The van der Waals surface area contributed by atoms with E-state index in [1.807, 2.05) is 30.3 Å². The molecule has 0 saturated carbocycles. The summed E-state index contributed by atoms with van der Waals surface area (Å²) >= 11 is 0. The molecule has 2 rings (SSSR count). The predicted octanol–water partition coefficient (Wildman–Crippen LogP) is 8.26. The lowest BCUT2D eigenvalue weighted by Gasteiger charge is -2.32. The van der Waals surface area contributed by atoms with E-state index >= 15 is 0 Å². The minimum atomic E-state index is -1.56. The Kier molecular flexibility index (Phi) is 9.31. The van der Waals surface area contributed by atoms with Crippen LogP contribution >= 0.6 is 8.20 Å². The summed E-state index contributed by atoms with van der Waals surface area (Å²) in [6.45, 7) is 27.6. The molecule has 36 heavy (non-hydrogen) atoms. The van der Waals surface area contributed by atoms with Gasteiger partial charge in [-0.05, 0) is 71.0 Å². The molecule has 2 aromatic rings. The Balaban J connectivity index is 2.84. The number of hydrogen-bond acceptors (Lipinski definition) is 0. The lowest BCUT2D eigenvalue weighted by atomic mass is 9.75. The summed E-state index contributed by atoms with van der Waals surface area (Å²) in [5.74, 6) is 16.1. The van der Waals surface area contributed by atoms with Crippen LogP contribution in [0.3, 0.4) is 0 Å². The molecule has 0 bridgehead atoms. The van der Waals surface area contributed by atoms with Gasteiger partial charge in [-0.1, -0.05) is 124 Å². The first-order valence-corrected chi connectivity index (χ1v) is 17.2. The molecule has 0 aliphatic heterocycles. The second kappa shape index (κ2) is 11.3. The highest BCUT2D eigenvalue weighted by Gasteiger charge is 2.28. The molecule has 0 atom stereocenters. The monoisotopic (exact) mass is 510 g/mol. The van der Waals surface area contributed by atoms with Crippen LogP contribution in [0.5, 0.6) is 0 Å². The zero-order valence-corrected chi connectivity index (χ0v) is 26.4. The highest BCUT2D eigenvalue weighted by Crippen LogP contribution is 2.35. The third-order valence-electron chi connectivity index (χ3n) is 5.60. The van der Waals surface area contributed by atoms with Gasteiger partial charge in [0.25, 0.3) is 0 Å².